The number of anilines is 1. The van der Waals surface area contributed by atoms with E-state index in [0.717, 1.165) is 59.7 Å². The molecule has 0 radical (unpaired) electrons. The molecule has 45 heavy (non-hydrogen) atoms. The van der Waals surface area contributed by atoms with Crippen LogP contribution in [-0.4, -0.2) is 49.6 Å². The molecular weight excluding hydrogens is 574 g/mol. The van der Waals surface area contributed by atoms with Gasteiger partial charge in [-0.25, -0.2) is 23.5 Å². The van der Waals surface area contributed by atoms with Crippen LogP contribution >= 0.6 is 0 Å². The number of fused-ring (bicyclic) bond motifs is 1. The lowest BCUT2D eigenvalue weighted by atomic mass is 9.96. The lowest BCUT2D eigenvalue weighted by Gasteiger charge is -2.31. The van der Waals surface area contributed by atoms with Gasteiger partial charge in [-0.05, 0) is 87.8 Å². The molecule has 1 aliphatic carbocycles. The van der Waals surface area contributed by atoms with E-state index >= 15 is 8.78 Å². The number of carbonyl (C=O) groups is 1. The van der Waals surface area contributed by atoms with Crippen molar-refractivity contribution < 1.29 is 18.3 Å². The molecule has 2 aliphatic heterocycles. The van der Waals surface area contributed by atoms with Gasteiger partial charge in [0.2, 0.25) is 0 Å². The molecule has 8 nitrogen and oxygen atoms in total. The number of nitrogens with one attached hydrogen (secondary N) is 2. The first-order chi connectivity index (χ1) is 21.6. The van der Waals surface area contributed by atoms with Crippen molar-refractivity contribution in [1.82, 2.24) is 24.8 Å². The Kier molecular flexibility index (Phi) is 7.61. The van der Waals surface area contributed by atoms with Crippen LogP contribution in [0.4, 0.5) is 19.3 Å². The van der Waals surface area contributed by atoms with E-state index in [1.807, 2.05) is 32.9 Å². The number of likely N-dealkylation sites (tertiary alicyclic amines) is 1. The molecule has 236 valence electrons. The normalized spacial score (nSPS) is 18.9. The minimum Gasteiger partial charge on any atom is -0.444 e. The summed E-state index contributed by atoms with van der Waals surface area (Å²) in [5, 5.41) is 0. The number of rotatable bonds is 5. The summed E-state index contributed by atoms with van der Waals surface area (Å²) in [5.74, 6) is 0.918. The predicted octanol–water partition coefficient (Wildman–Crippen LogP) is 8.04. The van der Waals surface area contributed by atoms with Crippen molar-refractivity contribution in [2.24, 2.45) is 0 Å². The second-order valence-electron chi connectivity index (χ2n) is 13.6. The summed E-state index contributed by atoms with van der Waals surface area (Å²) in [6.07, 6.45) is 10.1. The molecule has 10 heteroatoms. The topological polar surface area (TPSA) is 90.1 Å². The van der Waals surface area contributed by atoms with Gasteiger partial charge in [-0.15, -0.1) is 0 Å². The molecule has 1 amide bonds. The third kappa shape index (κ3) is 5.94. The van der Waals surface area contributed by atoms with Gasteiger partial charge in [-0.2, -0.15) is 0 Å². The number of ether oxygens (including phenoxy) is 1. The van der Waals surface area contributed by atoms with E-state index in [4.69, 9.17) is 4.74 Å². The first kappa shape index (κ1) is 29.5. The van der Waals surface area contributed by atoms with E-state index in [1.165, 1.54) is 25.0 Å². The maximum atomic E-state index is 15.5. The maximum Gasteiger partial charge on any atom is 0.410 e. The number of hydrogen-bond acceptors (Lipinski definition) is 5. The Hall–Kier alpha value is -4.21. The van der Waals surface area contributed by atoms with Crippen LogP contribution in [0, 0.1) is 11.6 Å². The van der Waals surface area contributed by atoms with Crippen LogP contribution in [0.3, 0.4) is 0 Å². The van der Waals surface area contributed by atoms with Crippen molar-refractivity contribution in [2.45, 2.75) is 89.8 Å². The number of amides is 1. The Labute approximate surface area is 262 Å². The van der Waals surface area contributed by atoms with Gasteiger partial charge in [0.25, 0.3) is 0 Å². The van der Waals surface area contributed by atoms with Crippen LogP contribution in [-0.2, 0) is 17.7 Å². The predicted molar refractivity (Wildman–Crippen MR) is 169 cm³/mol. The van der Waals surface area contributed by atoms with Crippen LogP contribution in [0.25, 0.3) is 22.5 Å². The molecule has 2 aromatic heterocycles. The molecule has 1 saturated heterocycles. The third-order valence-electron chi connectivity index (χ3n) is 9.30. The highest BCUT2D eigenvalue weighted by Gasteiger charge is 2.35. The third-order valence-corrected chi connectivity index (χ3v) is 9.30. The summed E-state index contributed by atoms with van der Waals surface area (Å²) in [6, 6.07) is 8.83. The molecule has 2 aromatic carbocycles. The molecule has 4 heterocycles. The fourth-order valence-corrected chi connectivity index (χ4v) is 7.07. The van der Waals surface area contributed by atoms with Gasteiger partial charge in [-0.1, -0.05) is 25.0 Å². The smallest absolute Gasteiger partial charge is 0.410 e. The van der Waals surface area contributed by atoms with Crippen molar-refractivity contribution in [2.75, 3.05) is 18.0 Å². The molecule has 3 aliphatic rings. The first-order valence-corrected chi connectivity index (χ1v) is 16.1. The average molecular weight is 615 g/mol. The van der Waals surface area contributed by atoms with Gasteiger partial charge in [0.05, 0.1) is 29.8 Å². The van der Waals surface area contributed by atoms with Crippen LogP contribution in [0.5, 0.6) is 0 Å². The number of carbonyl (C=O) groups excluding carboxylic acids is 1. The number of hydrogen-bond donors (Lipinski definition) is 2. The molecule has 1 saturated carbocycles. The zero-order valence-corrected chi connectivity index (χ0v) is 26.1. The summed E-state index contributed by atoms with van der Waals surface area (Å²) in [6.45, 7) is 7.16. The SMILES string of the molecule is CC(C)(C)OC(=O)N1CCC[C@@H]1c1ncc(-c2ccc3c(c2)CCN(c2c(F)cc(-c4cnc(C5CCCC5)[nH]4)cc2F)C3)[nH]1. The zero-order valence-electron chi connectivity index (χ0n) is 26.1. The summed E-state index contributed by atoms with van der Waals surface area (Å²) in [5.41, 5.74) is 4.60. The molecule has 2 N–H and O–H groups in total. The molecule has 2 fully saturated rings. The van der Waals surface area contributed by atoms with Gasteiger partial charge in [0.1, 0.15) is 34.6 Å². The van der Waals surface area contributed by atoms with Gasteiger partial charge in [0, 0.05) is 31.1 Å². The Balaban J connectivity index is 1.06. The first-order valence-electron chi connectivity index (χ1n) is 16.1. The number of imidazole rings is 2. The molecule has 1 atom stereocenters. The Morgan fingerprint density at radius 2 is 1.56 bits per heavy atom. The number of aromatic nitrogens is 4. The van der Waals surface area contributed by atoms with E-state index in [2.05, 4.69) is 26.0 Å². The van der Waals surface area contributed by atoms with E-state index in [-0.39, 0.29) is 17.8 Å². The zero-order chi connectivity index (χ0) is 31.3. The minimum atomic E-state index is -0.570. The fraction of sp³-hybridized carbons (Fsp3) is 0.457. The molecule has 4 aromatic rings. The number of aromatic amines is 2. The highest BCUT2D eigenvalue weighted by molar-refractivity contribution is 5.69. The standard InChI is InChI=1S/C35H40F2N6O2/c1-35(2,3)45-34(44)43-13-6-9-30(43)33-39-18-28(41-33)23-10-11-24-20-42(14-12-22(24)15-23)31-26(36)16-25(17-27(31)37)29-19-38-32(40-29)21-7-4-5-8-21/h10-11,15-19,21,30H,4-9,12-14,20H2,1-3H3,(H,38,40)(H,39,41)/t30-/m1/s1. The molecule has 0 bridgehead atoms. The van der Waals surface area contributed by atoms with Crippen molar-refractivity contribution >= 4 is 11.8 Å². The second kappa shape index (κ2) is 11.6. The van der Waals surface area contributed by atoms with Crippen LogP contribution < -0.4 is 4.90 Å². The fourth-order valence-electron chi connectivity index (χ4n) is 7.07. The highest BCUT2D eigenvalue weighted by Crippen LogP contribution is 2.37. The van der Waals surface area contributed by atoms with Crippen LogP contribution in [0.2, 0.25) is 0 Å². The van der Waals surface area contributed by atoms with Crippen molar-refractivity contribution in [3.05, 3.63) is 77.1 Å². The Morgan fingerprint density at radius 1 is 0.867 bits per heavy atom. The number of halogens is 2. The second-order valence-corrected chi connectivity index (χ2v) is 13.6. The summed E-state index contributed by atoms with van der Waals surface area (Å²) < 4.78 is 36.6. The van der Waals surface area contributed by atoms with Gasteiger partial charge < -0.3 is 19.6 Å². The van der Waals surface area contributed by atoms with Crippen molar-refractivity contribution in [3.63, 3.8) is 0 Å². The molecule has 7 rings (SSSR count). The van der Waals surface area contributed by atoms with E-state index < -0.39 is 17.2 Å². The molecule has 0 spiro atoms. The Morgan fingerprint density at radius 3 is 2.29 bits per heavy atom. The van der Waals surface area contributed by atoms with E-state index in [9.17, 15) is 4.79 Å². The largest absolute Gasteiger partial charge is 0.444 e. The molecule has 0 unspecified atom stereocenters. The monoisotopic (exact) mass is 614 g/mol. The summed E-state index contributed by atoms with van der Waals surface area (Å²) in [4.78, 5) is 32.2. The molecular formula is C35H40F2N6O2. The Bertz CT molecular complexity index is 1690. The van der Waals surface area contributed by atoms with Crippen molar-refractivity contribution in [1.29, 1.82) is 0 Å². The van der Waals surface area contributed by atoms with Crippen LogP contribution in [0.15, 0.2) is 42.7 Å². The van der Waals surface area contributed by atoms with Crippen molar-refractivity contribution in [3.8, 4) is 22.5 Å². The highest BCUT2D eigenvalue weighted by atomic mass is 19.1. The van der Waals surface area contributed by atoms with Gasteiger partial charge in [-0.3, -0.25) is 4.90 Å². The number of nitrogens with zero attached hydrogens (tertiary/aromatic N) is 4. The van der Waals surface area contributed by atoms with E-state index in [0.29, 0.717) is 43.2 Å². The number of benzene rings is 2. The van der Waals surface area contributed by atoms with E-state index in [1.54, 1.807) is 22.2 Å². The van der Waals surface area contributed by atoms with Gasteiger partial charge >= 0.3 is 6.09 Å². The maximum absolute atomic E-state index is 15.5. The number of H-pyrrole nitrogens is 2. The van der Waals surface area contributed by atoms with Crippen LogP contribution in [0.1, 0.15) is 94.0 Å². The quantitative estimate of drug-likeness (QED) is 0.238. The summed E-state index contributed by atoms with van der Waals surface area (Å²) >= 11 is 0. The summed E-state index contributed by atoms with van der Waals surface area (Å²) in [7, 11) is 0. The minimum absolute atomic E-state index is 0.00771. The van der Waals surface area contributed by atoms with Gasteiger partial charge in [0.15, 0.2) is 0 Å². The lowest BCUT2D eigenvalue weighted by molar-refractivity contribution is 0.0218. The lowest BCUT2D eigenvalue weighted by Crippen LogP contribution is -2.36. The average Bonchev–Trinajstić information content (AvgIpc) is 3.82.